The fraction of sp³-hybridized carbons (Fsp3) is 0.125. The van der Waals surface area contributed by atoms with E-state index in [0.717, 1.165) is 16.8 Å². The number of carbonyl (C=O) groups excluding carboxylic acids is 2. The standard InChI is InChI=1S/C16H14N2O2/c19-15-9-13-8-12(6-7-14(13)18-15)16(20)17-10-11-4-2-1-3-5-11/h1-8H,9-10H2,(H,17,20)(H,18,19). The van der Waals surface area contributed by atoms with Crippen molar-refractivity contribution in [2.75, 3.05) is 5.32 Å². The summed E-state index contributed by atoms with van der Waals surface area (Å²) in [6.07, 6.45) is 0.342. The molecule has 0 aliphatic carbocycles. The maximum atomic E-state index is 12.1. The van der Waals surface area contributed by atoms with Gasteiger partial charge in [0.05, 0.1) is 6.42 Å². The molecule has 4 heteroatoms. The zero-order valence-electron chi connectivity index (χ0n) is 10.8. The minimum atomic E-state index is -0.129. The molecule has 0 atom stereocenters. The van der Waals surface area contributed by atoms with Crippen LogP contribution in [0.2, 0.25) is 0 Å². The molecule has 1 aliphatic rings. The lowest BCUT2D eigenvalue weighted by atomic mass is 10.1. The highest BCUT2D eigenvalue weighted by Gasteiger charge is 2.18. The van der Waals surface area contributed by atoms with Gasteiger partial charge in [0, 0.05) is 17.8 Å². The van der Waals surface area contributed by atoms with Gasteiger partial charge in [-0.05, 0) is 29.3 Å². The smallest absolute Gasteiger partial charge is 0.251 e. The lowest BCUT2D eigenvalue weighted by molar-refractivity contribution is -0.115. The lowest BCUT2D eigenvalue weighted by Crippen LogP contribution is -2.22. The first-order chi connectivity index (χ1) is 9.72. The van der Waals surface area contributed by atoms with Crippen molar-refractivity contribution in [3.8, 4) is 0 Å². The fourth-order valence-electron chi connectivity index (χ4n) is 2.25. The first-order valence-electron chi connectivity index (χ1n) is 6.47. The molecular weight excluding hydrogens is 252 g/mol. The van der Waals surface area contributed by atoms with Crippen molar-refractivity contribution in [3.05, 3.63) is 65.2 Å². The molecule has 0 unspecified atom stereocenters. The molecule has 2 aromatic carbocycles. The van der Waals surface area contributed by atoms with E-state index in [1.807, 2.05) is 30.3 Å². The molecule has 0 aromatic heterocycles. The molecule has 2 N–H and O–H groups in total. The SMILES string of the molecule is O=C1Cc2cc(C(=O)NCc3ccccc3)ccc2N1. The van der Waals surface area contributed by atoms with E-state index in [-0.39, 0.29) is 11.8 Å². The highest BCUT2D eigenvalue weighted by atomic mass is 16.2. The minimum Gasteiger partial charge on any atom is -0.348 e. The number of amides is 2. The van der Waals surface area contributed by atoms with Gasteiger partial charge in [-0.15, -0.1) is 0 Å². The molecule has 1 heterocycles. The quantitative estimate of drug-likeness (QED) is 0.894. The van der Waals surface area contributed by atoms with Gasteiger partial charge >= 0.3 is 0 Å². The van der Waals surface area contributed by atoms with Gasteiger partial charge in [-0.3, -0.25) is 9.59 Å². The molecule has 0 fully saturated rings. The van der Waals surface area contributed by atoms with Gasteiger partial charge in [0.25, 0.3) is 5.91 Å². The third kappa shape index (κ3) is 2.54. The summed E-state index contributed by atoms with van der Waals surface area (Å²) in [7, 11) is 0. The van der Waals surface area contributed by atoms with Crippen LogP contribution in [-0.4, -0.2) is 11.8 Å². The zero-order valence-corrected chi connectivity index (χ0v) is 10.8. The Bertz CT molecular complexity index is 665. The first kappa shape index (κ1) is 12.4. The van der Waals surface area contributed by atoms with Crippen LogP contribution < -0.4 is 10.6 Å². The number of nitrogens with one attached hydrogen (secondary N) is 2. The van der Waals surface area contributed by atoms with E-state index in [0.29, 0.717) is 18.5 Å². The Labute approximate surface area is 116 Å². The van der Waals surface area contributed by atoms with Crippen LogP contribution in [0.1, 0.15) is 21.5 Å². The van der Waals surface area contributed by atoms with Crippen LogP contribution in [0.15, 0.2) is 48.5 Å². The summed E-state index contributed by atoms with van der Waals surface area (Å²) in [4.78, 5) is 23.4. The van der Waals surface area contributed by atoms with Crippen molar-refractivity contribution in [2.24, 2.45) is 0 Å². The number of rotatable bonds is 3. The molecular formula is C16H14N2O2. The highest BCUT2D eigenvalue weighted by molar-refractivity contribution is 6.01. The van der Waals surface area contributed by atoms with Gasteiger partial charge in [-0.2, -0.15) is 0 Å². The molecule has 1 aliphatic heterocycles. The topological polar surface area (TPSA) is 58.2 Å². The summed E-state index contributed by atoms with van der Waals surface area (Å²) in [5.74, 6) is -0.155. The van der Waals surface area contributed by atoms with E-state index < -0.39 is 0 Å². The van der Waals surface area contributed by atoms with E-state index in [9.17, 15) is 9.59 Å². The van der Waals surface area contributed by atoms with Crippen LogP contribution in [0.3, 0.4) is 0 Å². The second-order valence-corrected chi connectivity index (χ2v) is 4.77. The first-order valence-corrected chi connectivity index (χ1v) is 6.47. The second-order valence-electron chi connectivity index (χ2n) is 4.77. The van der Waals surface area contributed by atoms with Crippen LogP contribution in [-0.2, 0) is 17.8 Å². The Morgan fingerprint density at radius 2 is 1.95 bits per heavy atom. The number of fused-ring (bicyclic) bond motifs is 1. The van der Waals surface area contributed by atoms with Gasteiger partial charge in [-0.1, -0.05) is 30.3 Å². The van der Waals surface area contributed by atoms with Crippen LogP contribution >= 0.6 is 0 Å². The van der Waals surface area contributed by atoms with Crippen LogP contribution in [0, 0.1) is 0 Å². The predicted molar refractivity (Wildman–Crippen MR) is 76.4 cm³/mol. The maximum Gasteiger partial charge on any atom is 0.251 e. The number of hydrogen-bond donors (Lipinski definition) is 2. The Morgan fingerprint density at radius 3 is 2.75 bits per heavy atom. The van der Waals surface area contributed by atoms with Crippen molar-refractivity contribution in [2.45, 2.75) is 13.0 Å². The molecule has 2 amide bonds. The van der Waals surface area contributed by atoms with Crippen LogP contribution in [0.25, 0.3) is 0 Å². The molecule has 0 saturated heterocycles. The molecule has 3 rings (SSSR count). The summed E-state index contributed by atoms with van der Waals surface area (Å²) >= 11 is 0. The van der Waals surface area contributed by atoms with Crippen molar-refractivity contribution in [1.82, 2.24) is 5.32 Å². The molecule has 0 radical (unpaired) electrons. The lowest BCUT2D eigenvalue weighted by Gasteiger charge is -2.06. The molecule has 4 nitrogen and oxygen atoms in total. The van der Waals surface area contributed by atoms with Crippen LogP contribution in [0.4, 0.5) is 5.69 Å². The van der Waals surface area contributed by atoms with Crippen molar-refractivity contribution in [1.29, 1.82) is 0 Å². The Hall–Kier alpha value is -2.62. The monoisotopic (exact) mass is 266 g/mol. The van der Waals surface area contributed by atoms with Gasteiger partial charge in [0.2, 0.25) is 5.91 Å². The molecule has 0 bridgehead atoms. The van der Waals surface area contributed by atoms with E-state index in [2.05, 4.69) is 10.6 Å². The highest BCUT2D eigenvalue weighted by Crippen LogP contribution is 2.23. The Kier molecular flexibility index (Phi) is 3.21. The Balaban J connectivity index is 1.69. The Morgan fingerprint density at radius 1 is 1.15 bits per heavy atom. The predicted octanol–water partition coefficient (Wildman–Crippen LogP) is 2.11. The third-order valence-corrected chi connectivity index (χ3v) is 3.29. The maximum absolute atomic E-state index is 12.1. The zero-order chi connectivity index (χ0) is 13.9. The van der Waals surface area contributed by atoms with Crippen LogP contribution in [0.5, 0.6) is 0 Å². The summed E-state index contributed by atoms with van der Waals surface area (Å²) in [6, 6.07) is 15.0. The van der Waals surface area contributed by atoms with Gasteiger partial charge in [-0.25, -0.2) is 0 Å². The minimum absolute atomic E-state index is 0.0261. The largest absolute Gasteiger partial charge is 0.348 e. The van der Waals surface area contributed by atoms with Crippen molar-refractivity contribution in [3.63, 3.8) is 0 Å². The molecule has 2 aromatic rings. The normalized spacial score (nSPS) is 12.7. The van der Waals surface area contributed by atoms with Gasteiger partial charge in [0.1, 0.15) is 0 Å². The summed E-state index contributed by atoms with van der Waals surface area (Å²) in [5, 5.41) is 5.62. The molecule has 0 spiro atoms. The van der Waals surface area contributed by atoms with Gasteiger partial charge in [0.15, 0.2) is 0 Å². The van der Waals surface area contributed by atoms with E-state index in [4.69, 9.17) is 0 Å². The van der Waals surface area contributed by atoms with E-state index >= 15 is 0 Å². The second kappa shape index (κ2) is 5.17. The van der Waals surface area contributed by atoms with Gasteiger partial charge < -0.3 is 10.6 Å². The summed E-state index contributed by atoms with van der Waals surface area (Å²) in [5.41, 5.74) is 3.31. The number of hydrogen-bond acceptors (Lipinski definition) is 2. The van der Waals surface area contributed by atoms with E-state index in [1.54, 1.807) is 18.2 Å². The number of carbonyl (C=O) groups is 2. The molecule has 20 heavy (non-hydrogen) atoms. The number of anilines is 1. The average Bonchev–Trinajstić information content (AvgIpc) is 2.85. The third-order valence-electron chi connectivity index (χ3n) is 3.29. The molecule has 100 valence electrons. The fourth-order valence-corrected chi connectivity index (χ4v) is 2.25. The average molecular weight is 266 g/mol. The summed E-state index contributed by atoms with van der Waals surface area (Å²) < 4.78 is 0. The number of benzene rings is 2. The summed E-state index contributed by atoms with van der Waals surface area (Å²) in [6.45, 7) is 0.494. The van der Waals surface area contributed by atoms with Crippen molar-refractivity contribution >= 4 is 17.5 Å². The molecule has 0 saturated carbocycles. The van der Waals surface area contributed by atoms with Crippen molar-refractivity contribution < 1.29 is 9.59 Å². The van der Waals surface area contributed by atoms with E-state index in [1.165, 1.54) is 0 Å².